The molecule has 3 heteroatoms. The normalized spacial score (nSPS) is 15.9. The van der Waals surface area contributed by atoms with Gasteiger partial charge in [0.15, 0.2) is 0 Å². The molecule has 1 aromatic carbocycles. The van der Waals surface area contributed by atoms with Crippen molar-refractivity contribution in [2.75, 3.05) is 6.61 Å². The molecule has 0 aliphatic heterocycles. The van der Waals surface area contributed by atoms with Crippen molar-refractivity contribution in [1.82, 2.24) is 0 Å². The molecule has 2 N–H and O–H groups in total. The molecule has 0 aromatic heterocycles. The summed E-state index contributed by atoms with van der Waals surface area (Å²) in [6, 6.07) is 9.84. The molecule has 0 aliphatic rings. The lowest BCUT2D eigenvalue weighted by Crippen LogP contribution is -2.26. The van der Waals surface area contributed by atoms with Crippen LogP contribution < -0.4 is 0 Å². The fraction of sp³-hybridized carbons (Fsp3) is 0.467. The highest BCUT2D eigenvalue weighted by molar-refractivity contribution is 5.13. The molecular formula is C15H22O3. The van der Waals surface area contributed by atoms with E-state index in [2.05, 4.69) is 6.58 Å². The third kappa shape index (κ3) is 5.45. The lowest BCUT2D eigenvalue weighted by atomic mass is 9.98. The Morgan fingerprint density at radius 2 is 1.94 bits per heavy atom. The molecule has 0 saturated heterocycles. The van der Waals surface area contributed by atoms with Gasteiger partial charge in [0.25, 0.3) is 0 Å². The van der Waals surface area contributed by atoms with Crippen LogP contribution in [0.1, 0.15) is 18.9 Å². The maximum Gasteiger partial charge on any atom is 0.0800 e. The molecule has 1 rings (SSSR count). The molecule has 18 heavy (non-hydrogen) atoms. The minimum atomic E-state index is -0.566. The quantitative estimate of drug-likeness (QED) is 0.695. The van der Waals surface area contributed by atoms with Gasteiger partial charge in [0.05, 0.1) is 25.4 Å². The monoisotopic (exact) mass is 250 g/mol. The first-order chi connectivity index (χ1) is 8.63. The average Bonchev–Trinajstić information content (AvgIpc) is 2.39. The topological polar surface area (TPSA) is 49.7 Å². The molecule has 100 valence electrons. The summed E-state index contributed by atoms with van der Waals surface area (Å²) < 4.78 is 5.46. The highest BCUT2D eigenvalue weighted by Crippen LogP contribution is 2.13. The predicted octanol–water partition coefficient (Wildman–Crippen LogP) is 2.14. The molecule has 0 spiro atoms. The van der Waals surface area contributed by atoms with Gasteiger partial charge in [-0.25, -0.2) is 0 Å². The van der Waals surface area contributed by atoms with Gasteiger partial charge in [-0.1, -0.05) is 43.3 Å². The van der Waals surface area contributed by atoms with Gasteiger partial charge >= 0.3 is 0 Å². The summed E-state index contributed by atoms with van der Waals surface area (Å²) in [5, 5.41) is 19.3. The second kappa shape index (κ2) is 8.03. The third-order valence-electron chi connectivity index (χ3n) is 2.94. The number of aliphatic hydroxyl groups excluding tert-OH is 2. The molecule has 0 unspecified atom stereocenters. The van der Waals surface area contributed by atoms with Crippen molar-refractivity contribution < 1.29 is 14.9 Å². The predicted molar refractivity (Wildman–Crippen MR) is 72.1 cm³/mol. The lowest BCUT2D eigenvalue weighted by Gasteiger charge is -2.20. The largest absolute Gasteiger partial charge is 0.390 e. The van der Waals surface area contributed by atoms with Gasteiger partial charge < -0.3 is 14.9 Å². The maximum absolute atomic E-state index is 9.87. The number of hydrogen-bond acceptors (Lipinski definition) is 3. The Morgan fingerprint density at radius 3 is 2.56 bits per heavy atom. The van der Waals surface area contributed by atoms with Crippen LogP contribution in [-0.2, 0) is 11.3 Å². The van der Waals surface area contributed by atoms with E-state index in [1.54, 1.807) is 0 Å². The van der Waals surface area contributed by atoms with E-state index in [4.69, 9.17) is 4.74 Å². The third-order valence-corrected chi connectivity index (χ3v) is 2.94. The SMILES string of the molecule is C=C[C@H](O)C[C@@H](C)[C@H](O)COCc1ccccc1. The maximum atomic E-state index is 9.87. The first kappa shape index (κ1) is 14.9. The van der Waals surface area contributed by atoms with E-state index in [0.717, 1.165) is 5.56 Å². The Hall–Kier alpha value is -1.16. The number of rotatable bonds is 8. The summed E-state index contributed by atoms with van der Waals surface area (Å²) >= 11 is 0. The van der Waals surface area contributed by atoms with Crippen LogP contribution in [0.2, 0.25) is 0 Å². The second-order valence-corrected chi connectivity index (χ2v) is 4.58. The van der Waals surface area contributed by atoms with E-state index in [1.807, 2.05) is 37.3 Å². The van der Waals surface area contributed by atoms with Crippen LogP contribution in [0.25, 0.3) is 0 Å². The zero-order valence-electron chi connectivity index (χ0n) is 10.8. The van der Waals surface area contributed by atoms with Gasteiger partial charge in [-0.15, -0.1) is 6.58 Å². The summed E-state index contributed by atoms with van der Waals surface area (Å²) in [6.45, 7) is 6.18. The van der Waals surface area contributed by atoms with Gasteiger partial charge in [-0.2, -0.15) is 0 Å². The summed E-state index contributed by atoms with van der Waals surface area (Å²) in [5.41, 5.74) is 1.09. The summed E-state index contributed by atoms with van der Waals surface area (Å²) in [4.78, 5) is 0. The number of benzene rings is 1. The molecule has 0 aliphatic carbocycles. The molecule has 0 radical (unpaired) electrons. The van der Waals surface area contributed by atoms with E-state index in [-0.39, 0.29) is 12.5 Å². The number of aliphatic hydroxyl groups is 2. The van der Waals surface area contributed by atoms with Gasteiger partial charge in [0.1, 0.15) is 0 Å². The first-order valence-corrected chi connectivity index (χ1v) is 6.23. The Kier molecular flexibility index (Phi) is 6.65. The lowest BCUT2D eigenvalue weighted by molar-refractivity contribution is -0.00677. The molecular weight excluding hydrogens is 228 g/mol. The Balaban J connectivity index is 2.24. The first-order valence-electron chi connectivity index (χ1n) is 6.23. The van der Waals surface area contributed by atoms with Gasteiger partial charge in [-0.3, -0.25) is 0 Å². The van der Waals surface area contributed by atoms with E-state index < -0.39 is 12.2 Å². The van der Waals surface area contributed by atoms with E-state index in [9.17, 15) is 10.2 Å². The van der Waals surface area contributed by atoms with Crippen molar-refractivity contribution in [1.29, 1.82) is 0 Å². The van der Waals surface area contributed by atoms with Crippen LogP contribution in [-0.4, -0.2) is 29.0 Å². The van der Waals surface area contributed by atoms with E-state index in [1.165, 1.54) is 6.08 Å². The summed E-state index contributed by atoms with van der Waals surface area (Å²) in [6.07, 6.45) is 0.847. The fourth-order valence-corrected chi connectivity index (χ4v) is 1.67. The molecule has 0 saturated carbocycles. The van der Waals surface area contributed by atoms with Gasteiger partial charge in [0, 0.05) is 0 Å². The van der Waals surface area contributed by atoms with Crippen molar-refractivity contribution >= 4 is 0 Å². The molecule has 0 amide bonds. The minimum Gasteiger partial charge on any atom is -0.390 e. The second-order valence-electron chi connectivity index (χ2n) is 4.58. The van der Waals surface area contributed by atoms with E-state index >= 15 is 0 Å². The Labute approximate surface area is 109 Å². The van der Waals surface area contributed by atoms with Crippen LogP contribution in [0.15, 0.2) is 43.0 Å². The average molecular weight is 250 g/mol. The van der Waals surface area contributed by atoms with Crippen LogP contribution in [0.5, 0.6) is 0 Å². The summed E-state index contributed by atoms with van der Waals surface area (Å²) in [5.74, 6) is -0.0197. The van der Waals surface area contributed by atoms with Crippen LogP contribution in [0.3, 0.4) is 0 Å². The zero-order valence-corrected chi connectivity index (χ0v) is 10.8. The van der Waals surface area contributed by atoms with Crippen LogP contribution in [0.4, 0.5) is 0 Å². The van der Waals surface area contributed by atoms with Crippen molar-refractivity contribution in [3.63, 3.8) is 0 Å². The number of ether oxygens (including phenoxy) is 1. The van der Waals surface area contributed by atoms with Crippen LogP contribution >= 0.6 is 0 Å². The highest BCUT2D eigenvalue weighted by Gasteiger charge is 2.16. The zero-order chi connectivity index (χ0) is 13.4. The Morgan fingerprint density at radius 1 is 1.28 bits per heavy atom. The smallest absolute Gasteiger partial charge is 0.0800 e. The Bertz CT molecular complexity index is 337. The standard InChI is InChI=1S/C15H22O3/c1-3-14(16)9-12(2)15(17)11-18-10-13-7-5-4-6-8-13/h3-8,12,14-17H,1,9-11H2,2H3/t12-,14+,15-/m1/s1. The minimum absolute atomic E-state index is 0.0197. The molecule has 3 nitrogen and oxygen atoms in total. The van der Waals surface area contributed by atoms with Crippen LogP contribution in [0, 0.1) is 5.92 Å². The molecule has 0 fully saturated rings. The molecule has 1 aromatic rings. The van der Waals surface area contributed by atoms with Gasteiger partial charge in [-0.05, 0) is 17.9 Å². The van der Waals surface area contributed by atoms with Gasteiger partial charge in [0.2, 0.25) is 0 Å². The van der Waals surface area contributed by atoms with E-state index in [0.29, 0.717) is 13.0 Å². The van der Waals surface area contributed by atoms with Crippen molar-refractivity contribution in [3.8, 4) is 0 Å². The van der Waals surface area contributed by atoms with Crippen molar-refractivity contribution in [2.24, 2.45) is 5.92 Å². The fourth-order valence-electron chi connectivity index (χ4n) is 1.67. The summed E-state index contributed by atoms with van der Waals surface area (Å²) in [7, 11) is 0. The number of hydrogen-bond donors (Lipinski definition) is 2. The molecule has 0 bridgehead atoms. The van der Waals surface area contributed by atoms with Crippen molar-refractivity contribution in [2.45, 2.75) is 32.2 Å². The highest BCUT2D eigenvalue weighted by atomic mass is 16.5. The molecule has 3 atom stereocenters. The van der Waals surface area contributed by atoms with Crippen molar-refractivity contribution in [3.05, 3.63) is 48.6 Å². The molecule has 0 heterocycles.